The minimum Gasteiger partial charge on any atom is -0.486 e. The third kappa shape index (κ3) is 3.95. The van der Waals surface area contributed by atoms with Gasteiger partial charge in [-0.15, -0.1) is 0 Å². The standard InChI is InChI=1S/C11H12N2O6/c1-12-10(14)4-5-19-9-3-2-7(11(15)16)6-8(9)13(17)18/h2-3,6H,4-5H2,1H3,(H,12,14)(H,15,16). The molecule has 102 valence electrons. The van der Waals surface area contributed by atoms with Crippen molar-refractivity contribution < 1.29 is 24.4 Å². The molecular weight excluding hydrogens is 256 g/mol. The second kappa shape index (κ2) is 6.34. The summed E-state index contributed by atoms with van der Waals surface area (Å²) in [6.07, 6.45) is 0.0499. The Morgan fingerprint density at radius 2 is 2.16 bits per heavy atom. The summed E-state index contributed by atoms with van der Waals surface area (Å²) in [6.45, 7) is -0.0348. The van der Waals surface area contributed by atoms with Crippen molar-refractivity contribution in [3.8, 4) is 5.75 Å². The first-order valence-electron chi connectivity index (χ1n) is 5.30. The van der Waals surface area contributed by atoms with Gasteiger partial charge in [0.05, 0.1) is 23.5 Å². The van der Waals surface area contributed by atoms with Crippen molar-refractivity contribution >= 4 is 17.6 Å². The van der Waals surface area contributed by atoms with E-state index in [9.17, 15) is 19.7 Å². The van der Waals surface area contributed by atoms with Crippen molar-refractivity contribution in [2.75, 3.05) is 13.7 Å². The Balaban J connectivity index is 2.85. The van der Waals surface area contributed by atoms with E-state index in [0.717, 1.165) is 6.07 Å². The highest BCUT2D eigenvalue weighted by atomic mass is 16.6. The second-order valence-electron chi connectivity index (χ2n) is 3.52. The summed E-state index contributed by atoms with van der Waals surface area (Å²) >= 11 is 0. The number of carboxylic acids is 1. The molecule has 1 aromatic carbocycles. The summed E-state index contributed by atoms with van der Waals surface area (Å²) in [4.78, 5) is 31.7. The number of aromatic carboxylic acids is 1. The molecule has 0 atom stereocenters. The molecule has 1 aromatic rings. The zero-order valence-corrected chi connectivity index (χ0v) is 10.1. The van der Waals surface area contributed by atoms with Crippen molar-refractivity contribution in [3.05, 3.63) is 33.9 Å². The number of nitro benzene ring substituents is 1. The highest BCUT2D eigenvalue weighted by Crippen LogP contribution is 2.28. The number of carboxylic acid groups (broad SMARTS) is 1. The molecule has 0 saturated carbocycles. The van der Waals surface area contributed by atoms with E-state index in [-0.39, 0.29) is 30.2 Å². The molecule has 8 nitrogen and oxygen atoms in total. The number of carbonyl (C=O) groups is 2. The molecular formula is C11H12N2O6. The molecule has 2 N–H and O–H groups in total. The van der Waals surface area contributed by atoms with E-state index in [1.807, 2.05) is 0 Å². The Labute approximate surface area is 108 Å². The third-order valence-electron chi connectivity index (χ3n) is 2.27. The van der Waals surface area contributed by atoms with Crippen molar-refractivity contribution in [1.82, 2.24) is 5.32 Å². The summed E-state index contributed by atoms with van der Waals surface area (Å²) in [5.74, 6) is -1.59. The Kier molecular flexibility index (Phi) is 4.81. The Morgan fingerprint density at radius 3 is 2.68 bits per heavy atom. The van der Waals surface area contributed by atoms with Gasteiger partial charge in [0.1, 0.15) is 0 Å². The lowest BCUT2D eigenvalue weighted by molar-refractivity contribution is -0.385. The smallest absolute Gasteiger partial charge is 0.335 e. The number of nitrogens with zero attached hydrogens (tertiary/aromatic N) is 1. The maximum absolute atomic E-state index is 11.0. The van der Waals surface area contributed by atoms with Crippen LogP contribution in [0.2, 0.25) is 0 Å². The molecule has 0 unspecified atom stereocenters. The van der Waals surface area contributed by atoms with Crippen LogP contribution in [0.1, 0.15) is 16.8 Å². The minimum atomic E-state index is -1.26. The zero-order valence-electron chi connectivity index (χ0n) is 10.1. The quantitative estimate of drug-likeness (QED) is 0.582. The number of hydrogen-bond acceptors (Lipinski definition) is 5. The lowest BCUT2D eigenvalue weighted by atomic mass is 10.2. The first-order chi connectivity index (χ1) is 8.95. The Morgan fingerprint density at radius 1 is 1.47 bits per heavy atom. The SMILES string of the molecule is CNC(=O)CCOc1ccc(C(=O)O)cc1[N+](=O)[O-]. The van der Waals surface area contributed by atoms with Gasteiger partial charge in [0.15, 0.2) is 5.75 Å². The number of amides is 1. The molecule has 1 amide bonds. The lowest BCUT2D eigenvalue weighted by Crippen LogP contribution is -2.20. The monoisotopic (exact) mass is 268 g/mol. The molecule has 0 aliphatic heterocycles. The first kappa shape index (κ1) is 14.4. The molecule has 1 rings (SSSR count). The highest BCUT2D eigenvalue weighted by molar-refractivity contribution is 5.88. The molecule has 0 fully saturated rings. The average molecular weight is 268 g/mol. The fourth-order valence-corrected chi connectivity index (χ4v) is 1.29. The van der Waals surface area contributed by atoms with E-state index < -0.39 is 16.6 Å². The number of rotatable bonds is 6. The second-order valence-corrected chi connectivity index (χ2v) is 3.52. The summed E-state index contributed by atoms with van der Waals surface area (Å²) in [5, 5.41) is 21.9. The molecule has 0 saturated heterocycles. The van der Waals surface area contributed by atoms with E-state index in [0.29, 0.717) is 0 Å². The maximum atomic E-state index is 11.0. The Hall–Kier alpha value is -2.64. The van der Waals surface area contributed by atoms with E-state index in [4.69, 9.17) is 9.84 Å². The van der Waals surface area contributed by atoms with Crippen LogP contribution in [-0.4, -0.2) is 35.6 Å². The van der Waals surface area contributed by atoms with Crippen molar-refractivity contribution in [1.29, 1.82) is 0 Å². The number of ether oxygens (including phenoxy) is 1. The van der Waals surface area contributed by atoms with Gasteiger partial charge >= 0.3 is 11.7 Å². The maximum Gasteiger partial charge on any atom is 0.335 e. The molecule has 0 aromatic heterocycles. The Bertz CT molecular complexity index is 514. The summed E-state index contributed by atoms with van der Waals surface area (Å²) < 4.78 is 5.11. The third-order valence-corrected chi connectivity index (χ3v) is 2.27. The van der Waals surface area contributed by atoms with Crippen LogP contribution in [0.25, 0.3) is 0 Å². The minimum absolute atomic E-state index is 0.0348. The van der Waals surface area contributed by atoms with Crippen LogP contribution < -0.4 is 10.1 Å². The molecule has 0 radical (unpaired) electrons. The molecule has 0 bridgehead atoms. The zero-order chi connectivity index (χ0) is 14.4. The van der Waals surface area contributed by atoms with Crippen LogP contribution in [0.3, 0.4) is 0 Å². The average Bonchev–Trinajstić information content (AvgIpc) is 2.38. The van der Waals surface area contributed by atoms with Crippen LogP contribution in [0.5, 0.6) is 5.75 Å². The van der Waals surface area contributed by atoms with Crippen LogP contribution in [0, 0.1) is 10.1 Å². The molecule has 8 heteroatoms. The fourth-order valence-electron chi connectivity index (χ4n) is 1.29. The van der Waals surface area contributed by atoms with Crippen molar-refractivity contribution in [3.63, 3.8) is 0 Å². The van der Waals surface area contributed by atoms with Gasteiger partial charge in [0, 0.05) is 13.1 Å². The summed E-state index contributed by atoms with van der Waals surface area (Å²) in [5.41, 5.74) is -0.651. The van der Waals surface area contributed by atoms with Gasteiger partial charge < -0.3 is 15.2 Å². The van der Waals surface area contributed by atoms with E-state index in [1.165, 1.54) is 19.2 Å². The van der Waals surface area contributed by atoms with Crippen LogP contribution in [0.4, 0.5) is 5.69 Å². The van der Waals surface area contributed by atoms with Crippen LogP contribution in [-0.2, 0) is 4.79 Å². The molecule has 0 aliphatic rings. The van der Waals surface area contributed by atoms with Gasteiger partial charge in [0.2, 0.25) is 5.91 Å². The summed E-state index contributed by atoms with van der Waals surface area (Å²) in [6, 6.07) is 3.31. The largest absolute Gasteiger partial charge is 0.486 e. The van der Waals surface area contributed by atoms with Gasteiger partial charge in [-0.3, -0.25) is 14.9 Å². The predicted octanol–water partition coefficient (Wildman–Crippen LogP) is 0.808. The topological polar surface area (TPSA) is 119 Å². The number of nitrogens with one attached hydrogen (secondary N) is 1. The van der Waals surface area contributed by atoms with Crippen molar-refractivity contribution in [2.24, 2.45) is 0 Å². The van der Waals surface area contributed by atoms with E-state index in [1.54, 1.807) is 0 Å². The predicted molar refractivity (Wildman–Crippen MR) is 64.2 cm³/mol. The molecule has 0 aliphatic carbocycles. The highest BCUT2D eigenvalue weighted by Gasteiger charge is 2.18. The van der Waals surface area contributed by atoms with Gasteiger partial charge in [-0.1, -0.05) is 0 Å². The fraction of sp³-hybridized carbons (Fsp3) is 0.273. The van der Waals surface area contributed by atoms with Gasteiger partial charge in [-0.25, -0.2) is 4.79 Å². The number of hydrogen-bond donors (Lipinski definition) is 2. The van der Waals surface area contributed by atoms with Gasteiger partial charge in [-0.2, -0.15) is 0 Å². The summed E-state index contributed by atoms with van der Waals surface area (Å²) in [7, 11) is 1.46. The van der Waals surface area contributed by atoms with E-state index >= 15 is 0 Å². The molecule has 0 heterocycles. The van der Waals surface area contributed by atoms with E-state index in [2.05, 4.69) is 5.32 Å². The normalized spacial score (nSPS) is 9.74. The van der Waals surface area contributed by atoms with Crippen molar-refractivity contribution in [2.45, 2.75) is 6.42 Å². The van der Waals surface area contributed by atoms with Gasteiger partial charge in [-0.05, 0) is 12.1 Å². The number of benzene rings is 1. The number of carbonyl (C=O) groups excluding carboxylic acids is 1. The van der Waals surface area contributed by atoms with Gasteiger partial charge in [0.25, 0.3) is 0 Å². The lowest BCUT2D eigenvalue weighted by Gasteiger charge is -2.06. The molecule has 19 heavy (non-hydrogen) atoms. The first-order valence-corrected chi connectivity index (χ1v) is 5.30. The number of nitro groups is 1. The molecule has 0 spiro atoms. The van der Waals surface area contributed by atoms with Crippen LogP contribution in [0.15, 0.2) is 18.2 Å². The van der Waals surface area contributed by atoms with Crippen LogP contribution >= 0.6 is 0 Å².